The molecule has 104 valence electrons. The second-order valence-corrected chi connectivity index (χ2v) is 4.11. The van der Waals surface area contributed by atoms with Crippen LogP contribution in [-0.2, 0) is 4.79 Å². The molecule has 2 amide bonds. The van der Waals surface area contributed by atoms with Gasteiger partial charge < -0.3 is 16.1 Å². The molecular weight excluding hydrogens is 270 g/mol. The van der Waals surface area contributed by atoms with Gasteiger partial charge in [-0.2, -0.15) is 0 Å². The van der Waals surface area contributed by atoms with Gasteiger partial charge in [0.15, 0.2) is 0 Å². The second-order valence-electron chi connectivity index (χ2n) is 3.70. The molecule has 0 saturated heterocycles. The largest absolute Gasteiger partial charge is 0.355 e. The number of hydrazine groups is 1. The van der Waals surface area contributed by atoms with Gasteiger partial charge in [0, 0.05) is 6.54 Å². The SMILES string of the molecule is CCCNC(=O)CNC(=O)c1nc(NN)ccc1Cl. The standard InChI is InChI=1S/C11H16ClN5O2/c1-2-5-14-9(18)6-15-11(19)10-7(12)3-4-8(16-10)17-13/h3-4H,2,5-6,13H2,1H3,(H,14,18)(H,15,19)(H,16,17). The molecule has 0 fully saturated rings. The number of amides is 2. The summed E-state index contributed by atoms with van der Waals surface area (Å²) in [7, 11) is 0. The number of nitrogen functional groups attached to an aromatic ring is 1. The molecule has 0 bridgehead atoms. The molecule has 0 atom stereocenters. The molecule has 8 heteroatoms. The van der Waals surface area contributed by atoms with E-state index in [0.29, 0.717) is 12.4 Å². The number of halogens is 1. The predicted octanol–water partition coefficient (Wildman–Crippen LogP) is 0.277. The lowest BCUT2D eigenvalue weighted by Gasteiger charge is -2.08. The van der Waals surface area contributed by atoms with Gasteiger partial charge in [-0.05, 0) is 18.6 Å². The second kappa shape index (κ2) is 7.55. The van der Waals surface area contributed by atoms with Crippen LogP contribution in [0.4, 0.5) is 5.82 Å². The molecule has 0 aliphatic heterocycles. The summed E-state index contributed by atoms with van der Waals surface area (Å²) in [5.74, 6) is 4.71. The zero-order chi connectivity index (χ0) is 14.3. The topological polar surface area (TPSA) is 109 Å². The Morgan fingerprint density at radius 3 is 2.74 bits per heavy atom. The maximum absolute atomic E-state index is 11.8. The third-order valence-corrected chi connectivity index (χ3v) is 2.50. The van der Waals surface area contributed by atoms with Crippen molar-refractivity contribution in [2.75, 3.05) is 18.5 Å². The first-order valence-electron chi connectivity index (χ1n) is 5.76. The first-order chi connectivity index (χ1) is 9.08. The molecular formula is C11H16ClN5O2. The molecule has 1 aromatic rings. The maximum Gasteiger partial charge on any atom is 0.271 e. The zero-order valence-corrected chi connectivity index (χ0v) is 11.3. The number of carbonyl (C=O) groups is 2. The molecule has 1 heterocycles. The molecule has 0 aliphatic carbocycles. The number of pyridine rings is 1. The summed E-state index contributed by atoms with van der Waals surface area (Å²) in [6.07, 6.45) is 0.831. The average molecular weight is 286 g/mol. The summed E-state index contributed by atoms with van der Waals surface area (Å²) in [6.45, 7) is 2.38. The van der Waals surface area contributed by atoms with Crippen molar-refractivity contribution in [3.8, 4) is 0 Å². The first-order valence-corrected chi connectivity index (χ1v) is 6.14. The van der Waals surface area contributed by atoms with Gasteiger partial charge in [0.2, 0.25) is 5.91 Å². The van der Waals surface area contributed by atoms with Gasteiger partial charge in [-0.25, -0.2) is 10.8 Å². The highest BCUT2D eigenvalue weighted by Gasteiger charge is 2.13. The number of hydrogen-bond acceptors (Lipinski definition) is 5. The monoisotopic (exact) mass is 285 g/mol. The molecule has 19 heavy (non-hydrogen) atoms. The van der Waals surface area contributed by atoms with E-state index in [1.54, 1.807) is 0 Å². The van der Waals surface area contributed by atoms with Crippen LogP contribution in [0.25, 0.3) is 0 Å². The van der Waals surface area contributed by atoms with Crippen molar-refractivity contribution >= 4 is 29.2 Å². The Morgan fingerprint density at radius 2 is 2.11 bits per heavy atom. The van der Waals surface area contributed by atoms with Crippen molar-refractivity contribution in [1.29, 1.82) is 0 Å². The summed E-state index contributed by atoms with van der Waals surface area (Å²) < 4.78 is 0. The molecule has 0 spiro atoms. The minimum absolute atomic E-state index is 0.0143. The third kappa shape index (κ3) is 4.72. The van der Waals surface area contributed by atoms with E-state index in [9.17, 15) is 9.59 Å². The Labute approximate surface area is 115 Å². The Balaban J connectivity index is 2.60. The Hall–Kier alpha value is -1.86. The van der Waals surface area contributed by atoms with E-state index in [1.165, 1.54) is 12.1 Å². The van der Waals surface area contributed by atoms with E-state index in [4.69, 9.17) is 17.4 Å². The molecule has 0 aromatic carbocycles. The summed E-state index contributed by atoms with van der Waals surface area (Å²) in [4.78, 5) is 27.1. The van der Waals surface area contributed by atoms with Crippen molar-refractivity contribution in [3.63, 3.8) is 0 Å². The van der Waals surface area contributed by atoms with Crippen molar-refractivity contribution in [3.05, 3.63) is 22.8 Å². The van der Waals surface area contributed by atoms with E-state index in [2.05, 4.69) is 21.0 Å². The average Bonchev–Trinajstić information content (AvgIpc) is 2.43. The van der Waals surface area contributed by atoms with Crippen LogP contribution in [0.5, 0.6) is 0 Å². The van der Waals surface area contributed by atoms with Gasteiger partial charge in [-0.15, -0.1) is 0 Å². The molecule has 0 radical (unpaired) electrons. The molecule has 0 saturated carbocycles. The number of nitrogens with two attached hydrogens (primary N) is 1. The van der Waals surface area contributed by atoms with Gasteiger partial charge in [0.25, 0.3) is 5.91 Å². The summed E-state index contributed by atoms with van der Waals surface area (Å²) in [6, 6.07) is 3.03. The lowest BCUT2D eigenvalue weighted by molar-refractivity contribution is -0.120. The smallest absolute Gasteiger partial charge is 0.271 e. The fourth-order valence-corrected chi connectivity index (χ4v) is 1.44. The van der Waals surface area contributed by atoms with Crippen molar-refractivity contribution < 1.29 is 9.59 Å². The van der Waals surface area contributed by atoms with Crippen molar-refractivity contribution in [2.24, 2.45) is 5.84 Å². The van der Waals surface area contributed by atoms with E-state index >= 15 is 0 Å². The van der Waals surface area contributed by atoms with Crippen molar-refractivity contribution in [2.45, 2.75) is 13.3 Å². The fourth-order valence-electron chi connectivity index (χ4n) is 1.25. The minimum atomic E-state index is -0.534. The molecule has 5 N–H and O–H groups in total. The van der Waals surface area contributed by atoms with E-state index in [1.807, 2.05) is 6.92 Å². The number of nitrogens with one attached hydrogen (secondary N) is 3. The first kappa shape index (κ1) is 15.2. The van der Waals surface area contributed by atoms with Crippen LogP contribution in [0.15, 0.2) is 12.1 Å². The molecule has 0 unspecified atom stereocenters. The van der Waals surface area contributed by atoms with Gasteiger partial charge in [-0.3, -0.25) is 9.59 Å². The highest BCUT2D eigenvalue weighted by Crippen LogP contribution is 2.15. The lowest BCUT2D eigenvalue weighted by atomic mass is 10.3. The van der Waals surface area contributed by atoms with Gasteiger partial charge in [0.05, 0.1) is 11.6 Å². The third-order valence-electron chi connectivity index (χ3n) is 2.19. The van der Waals surface area contributed by atoms with Crippen LogP contribution in [0.1, 0.15) is 23.8 Å². The Morgan fingerprint density at radius 1 is 1.37 bits per heavy atom. The predicted molar refractivity (Wildman–Crippen MR) is 72.7 cm³/mol. The molecule has 0 aliphatic rings. The van der Waals surface area contributed by atoms with Crippen LogP contribution in [-0.4, -0.2) is 29.9 Å². The van der Waals surface area contributed by atoms with E-state index < -0.39 is 5.91 Å². The number of anilines is 1. The van der Waals surface area contributed by atoms with Gasteiger partial charge in [-0.1, -0.05) is 18.5 Å². The van der Waals surface area contributed by atoms with E-state index in [0.717, 1.165) is 6.42 Å². The number of carbonyl (C=O) groups excluding carboxylic acids is 2. The summed E-state index contributed by atoms with van der Waals surface area (Å²) in [5.41, 5.74) is 2.33. The van der Waals surface area contributed by atoms with E-state index in [-0.39, 0.29) is 23.2 Å². The minimum Gasteiger partial charge on any atom is -0.355 e. The fraction of sp³-hybridized carbons (Fsp3) is 0.364. The number of aromatic nitrogens is 1. The maximum atomic E-state index is 11.8. The zero-order valence-electron chi connectivity index (χ0n) is 10.5. The summed E-state index contributed by atoms with van der Waals surface area (Å²) in [5, 5.41) is 5.26. The van der Waals surface area contributed by atoms with Crippen LogP contribution < -0.4 is 21.9 Å². The Kier molecular flexibility index (Phi) is 6.04. The number of hydrogen-bond donors (Lipinski definition) is 4. The normalized spacial score (nSPS) is 9.84. The highest BCUT2D eigenvalue weighted by molar-refractivity contribution is 6.33. The van der Waals surface area contributed by atoms with Crippen LogP contribution >= 0.6 is 11.6 Å². The molecule has 1 aromatic heterocycles. The lowest BCUT2D eigenvalue weighted by Crippen LogP contribution is -2.37. The number of nitrogens with zero attached hydrogens (tertiary/aromatic N) is 1. The molecule has 1 rings (SSSR count). The van der Waals surface area contributed by atoms with Crippen LogP contribution in [0, 0.1) is 0 Å². The van der Waals surface area contributed by atoms with Gasteiger partial charge in [0.1, 0.15) is 11.5 Å². The highest BCUT2D eigenvalue weighted by atomic mass is 35.5. The number of rotatable bonds is 6. The molecule has 7 nitrogen and oxygen atoms in total. The summed E-state index contributed by atoms with van der Waals surface area (Å²) >= 11 is 5.85. The van der Waals surface area contributed by atoms with Gasteiger partial charge >= 0.3 is 0 Å². The van der Waals surface area contributed by atoms with Crippen molar-refractivity contribution in [1.82, 2.24) is 15.6 Å². The van der Waals surface area contributed by atoms with Crippen LogP contribution in [0.3, 0.4) is 0 Å². The Bertz CT molecular complexity index is 466. The quantitative estimate of drug-likeness (QED) is 0.443. The van der Waals surface area contributed by atoms with Crippen LogP contribution in [0.2, 0.25) is 5.02 Å².